The van der Waals surface area contributed by atoms with Crippen LogP contribution in [0.2, 0.25) is 0 Å². The Kier molecular flexibility index (Phi) is 5.71. The predicted molar refractivity (Wildman–Crippen MR) is 118 cm³/mol. The molecule has 8 heteroatoms. The van der Waals surface area contributed by atoms with Crippen LogP contribution in [0.1, 0.15) is 29.7 Å². The molecule has 164 valence electrons. The summed E-state index contributed by atoms with van der Waals surface area (Å²) in [7, 11) is 0. The molecule has 0 saturated carbocycles. The minimum atomic E-state index is -0.903. The maximum Gasteiger partial charge on any atom is 0.313 e. The monoisotopic (exact) mass is 423 g/mol. The molecule has 0 aliphatic carbocycles. The van der Waals surface area contributed by atoms with Gasteiger partial charge in [-0.05, 0) is 61.6 Å². The number of ether oxygens (including phenoxy) is 1. The van der Waals surface area contributed by atoms with E-state index in [4.69, 9.17) is 15.9 Å². The quantitative estimate of drug-likeness (QED) is 0.499. The van der Waals surface area contributed by atoms with Gasteiger partial charge in [-0.2, -0.15) is 0 Å². The highest BCUT2D eigenvalue weighted by molar-refractivity contribution is 5.76. The Labute approximate surface area is 182 Å². The number of aromatic nitrogens is 1. The number of hydrogen-bond donors (Lipinski definition) is 3. The third kappa shape index (κ3) is 4.42. The summed E-state index contributed by atoms with van der Waals surface area (Å²) in [6, 6.07) is 9.89. The second kappa shape index (κ2) is 8.45. The van der Waals surface area contributed by atoms with E-state index in [0.717, 1.165) is 29.9 Å². The van der Waals surface area contributed by atoms with Gasteiger partial charge in [0.15, 0.2) is 5.96 Å². The van der Waals surface area contributed by atoms with Crippen molar-refractivity contribution in [1.82, 2.24) is 9.88 Å². The molecule has 0 amide bonds. The summed E-state index contributed by atoms with van der Waals surface area (Å²) in [6.07, 6.45) is 3.66. The van der Waals surface area contributed by atoms with Crippen LogP contribution in [0.4, 0.5) is 5.69 Å². The fourth-order valence-electron chi connectivity index (χ4n) is 4.39. The van der Waals surface area contributed by atoms with Gasteiger partial charge in [-0.15, -0.1) is 0 Å². The van der Waals surface area contributed by atoms with E-state index in [-0.39, 0.29) is 12.6 Å². The normalized spacial score (nSPS) is 17.7. The summed E-state index contributed by atoms with van der Waals surface area (Å²) < 4.78 is 6.02. The fourth-order valence-corrected chi connectivity index (χ4v) is 4.39. The molecule has 2 aromatic rings. The van der Waals surface area contributed by atoms with E-state index in [1.165, 1.54) is 5.56 Å². The van der Waals surface area contributed by atoms with Crippen LogP contribution in [0.25, 0.3) is 0 Å². The van der Waals surface area contributed by atoms with E-state index >= 15 is 0 Å². The summed E-state index contributed by atoms with van der Waals surface area (Å²) in [5.41, 5.74) is 9.06. The molecule has 4 rings (SSSR count). The van der Waals surface area contributed by atoms with Gasteiger partial charge in [0.25, 0.3) is 0 Å². The molecule has 1 aromatic carbocycles. The van der Waals surface area contributed by atoms with Gasteiger partial charge in [0.2, 0.25) is 0 Å². The molecule has 0 radical (unpaired) electrons. The summed E-state index contributed by atoms with van der Waals surface area (Å²) >= 11 is 0. The number of nitrogens with one attached hydrogen (secondary N) is 1. The molecule has 0 bridgehead atoms. The Morgan fingerprint density at radius 2 is 2.00 bits per heavy atom. The van der Waals surface area contributed by atoms with Crippen molar-refractivity contribution in [2.24, 2.45) is 11.1 Å². The van der Waals surface area contributed by atoms with E-state index in [1.54, 1.807) is 6.20 Å². The first-order chi connectivity index (χ1) is 14.9. The number of carbonyl (C=O) groups is 1. The zero-order chi connectivity index (χ0) is 22.0. The lowest BCUT2D eigenvalue weighted by atomic mass is 9.79. The average Bonchev–Trinajstić information content (AvgIpc) is 2.77. The highest BCUT2D eigenvalue weighted by Gasteiger charge is 2.42. The Hall–Kier alpha value is -3.29. The van der Waals surface area contributed by atoms with E-state index in [2.05, 4.69) is 9.88 Å². The van der Waals surface area contributed by atoms with Crippen molar-refractivity contribution in [2.45, 2.75) is 32.7 Å². The van der Waals surface area contributed by atoms with Crippen LogP contribution in [-0.4, -0.2) is 53.2 Å². The molecule has 4 N–H and O–H groups in total. The van der Waals surface area contributed by atoms with Gasteiger partial charge in [-0.3, -0.25) is 15.2 Å². The van der Waals surface area contributed by atoms with E-state index < -0.39 is 11.4 Å². The average molecular weight is 424 g/mol. The number of benzene rings is 1. The van der Waals surface area contributed by atoms with Gasteiger partial charge in [0, 0.05) is 43.8 Å². The maximum atomic E-state index is 12.2. The van der Waals surface area contributed by atoms with Crippen molar-refractivity contribution in [2.75, 3.05) is 31.1 Å². The second-order valence-corrected chi connectivity index (χ2v) is 8.50. The predicted octanol–water partition coefficient (Wildman–Crippen LogP) is 2.39. The number of nitrogens with zero attached hydrogens (tertiary/aromatic N) is 3. The first kappa shape index (κ1) is 21.0. The molecule has 1 saturated heterocycles. The maximum absolute atomic E-state index is 12.2. The van der Waals surface area contributed by atoms with Gasteiger partial charge < -0.3 is 25.4 Å². The lowest BCUT2D eigenvalue weighted by Gasteiger charge is -2.39. The van der Waals surface area contributed by atoms with E-state index in [9.17, 15) is 9.90 Å². The number of carboxylic acid groups (broad SMARTS) is 1. The molecule has 2 aliphatic heterocycles. The van der Waals surface area contributed by atoms with Crippen molar-refractivity contribution in [1.29, 1.82) is 5.41 Å². The number of guanidine groups is 1. The highest BCUT2D eigenvalue weighted by atomic mass is 16.5. The molecule has 1 fully saturated rings. The summed E-state index contributed by atoms with van der Waals surface area (Å²) in [5, 5.41) is 17.7. The Morgan fingerprint density at radius 1 is 1.23 bits per heavy atom. The summed E-state index contributed by atoms with van der Waals surface area (Å²) in [6.45, 7) is 4.73. The number of pyridine rings is 1. The Balaban J connectivity index is 1.42. The molecule has 31 heavy (non-hydrogen) atoms. The van der Waals surface area contributed by atoms with Gasteiger partial charge in [0.1, 0.15) is 17.8 Å². The lowest BCUT2D eigenvalue weighted by Crippen LogP contribution is -2.47. The van der Waals surface area contributed by atoms with E-state index in [0.29, 0.717) is 38.2 Å². The third-order valence-corrected chi connectivity index (χ3v) is 6.47. The van der Waals surface area contributed by atoms with Gasteiger partial charge in [0.05, 0.1) is 0 Å². The molecule has 0 spiro atoms. The third-order valence-electron chi connectivity index (χ3n) is 6.47. The van der Waals surface area contributed by atoms with Crippen molar-refractivity contribution < 1.29 is 14.6 Å². The number of aliphatic carboxylic acids is 1. The van der Waals surface area contributed by atoms with Crippen molar-refractivity contribution in [3.8, 4) is 5.75 Å². The SMILES string of the molecule is Cc1cc(N2CCC(COc3ccc4c(c3)CN(C(=N)N)CC4)(C(=O)O)CC2)ccn1. The van der Waals surface area contributed by atoms with Crippen LogP contribution >= 0.6 is 0 Å². The fraction of sp³-hybridized carbons (Fsp3) is 0.435. The zero-order valence-electron chi connectivity index (χ0n) is 17.8. The molecule has 3 heterocycles. The minimum absolute atomic E-state index is 0.0675. The minimum Gasteiger partial charge on any atom is -0.492 e. The smallest absolute Gasteiger partial charge is 0.313 e. The van der Waals surface area contributed by atoms with Crippen molar-refractivity contribution in [3.63, 3.8) is 0 Å². The van der Waals surface area contributed by atoms with Gasteiger partial charge in [-0.25, -0.2) is 0 Å². The molecule has 0 atom stereocenters. The molecule has 1 aromatic heterocycles. The zero-order valence-corrected chi connectivity index (χ0v) is 17.8. The molecule has 2 aliphatic rings. The second-order valence-electron chi connectivity index (χ2n) is 8.50. The summed E-state index contributed by atoms with van der Waals surface area (Å²) in [5.74, 6) is -0.0753. The summed E-state index contributed by atoms with van der Waals surface area (Å²) in [4.78, 5) is 20.5. The number of carboxylic acids is 1. The van der Waals surface area contributed by atoms with Crippen LogP contribution < -0.4 is 15.4 Å². The van der Waals surface area contributed by atoms with Gasteiger partial charge in [-0.1, -0.05) is 6.07 Å². The van der Waals surface area contributed by atoms with Crippen LogP contribution in [0, 0.1) is 17.7 Å². The van der Waals surface area contributed by atoms with E-state index in [1.807, 2.05) is 42.2 Å². The van der Waals surface area contributed by atoms with Crippen LogP contribution in [0.15, 0.2) is 36.5 Å². The van der Waals surface area contributed by atoms with Crippen LogP contribution in [0.3, 0.4) is 0 Å². The number of piperidine rings is 1. The number of hydrogen-bond acceptors (Lipinski definition) is 5. The molecular formula is C23H29N5O3. The highest BCUT2D eigenvalue weighted by Crippen LogP contribution is 2.35. The number of rotatable bonds is 5. The number of fused-ring (bicyclic) bond motifs is 1. The topological polar surface area (TPSA) is 116 Å². The van der Waals surface area contributed by atoms with Crippen LogP contribution in [0.5, 0.6) is 5.75 Å². The Bertz CT molecular complexity index is 985. The van der Waals surface area contributed by atoms with Crippen molar-refractivity contribution >= 4 is 17.6 Å². The number of aryl methyl sites for hydroxylation is 1. The van der Waals surface area contributed by atoms with Crippen LogP contribution in [-0.2, 0) is 17.8 Å². The molecule has 8 nitrogen and oxygen atoms in total. The first-order valence-electron chi connectivity index (χ1n) is 10.6. The standard InChI is InChI=1S/C23H29N5O3/c1-16-12-19(4-8-26-16)27-10-6-23(7-11-27,21(29)30)15-31-20-3-2-17-5-9-28(22(24)25)14-18(17)13-20/h2-4,8,12-13H,5-7,9-11,14-15H2,1H3,(H3,24,25)(H,29,30). The molecular weight excluding hydrogens is 394 g/mol. The lowest BCUT2D eigenvalue weighted by molar-refractivity contribution is -0.152. The number of anilines is 1. The largest absolute Gasteiger partial charge is 0.492 e. The van der Waals surface area contributed by atoms with Gasteiger partial charge >= 0.3 is 5.97 Å². The van der Waals surface area contributed by atoms with Crippen molar-refractivity contribution in [3.05, 3.63) is 53.3 Å². The number of nitrogens with two attached hydrogens (primary N) is 1. The Morgan fingerprint density at radius 3 is 2.68 bits per heavy atom. The first-order valence-corrected chi connectivity index (χ1v) is 10.6. The molecule has 0 unspecified atom stereocenters.